The van der Waals surface area contributed by atoms with Crippen molar-refractivity contribution in [2.45, 2.75) is 58.0 Å². The zero-order valence-electron chi connectivity index (χ0n) is 15.5. The highest BCUT2D eigenvalue weighted by Gasteiger charge is 2.43. The molecule has 1 amide bonds. The summed E-state index contributed by atoms with van der Waals surface area (Å²) in [4.78, 5) is 15.2. The van der Waals surface area contributed by atoms with Crippen LogP contribution in [-0.2, 0) is 22.4 Å². The Balaban J connectivity index is 1.46. The first-order valence-corrected chi connectivity index (χ1v) is 9.66. The summed E-state index contributed by atoms with van der Waals surface area (Å²) in [7, 11) is 0. The molecule has 0 unspecified atom stereocenters. The van der Waals surface area contributed by atoms with Gasteiger partial charge in [0, 0.05) is 25.1 Å². The molecule has 4 rings (SSSR count). The second-order valence-electron chi connectivity index (χ2n) is 8.53. The molecule has 0 aromatic heterocycles. The normalized spacial score (nSPS) is 26.1. The van der Waals surface area contributed by atoms with Gasteiger partial charge < -0.3 is 14.4 Å². The lowest BCUT2D eigenvalue weighted by Crippen LogP contribution is -2.54. The van der Waals surface area contributed by atoms with Crippen LogP contribution in [0, 0.1) is 5.41 Å². The Morgan fingerprint density at radius 2 is 2.04 bits per heavy atom. The molecule has 4 heteroatoms. The number of benzene rings is 1. The lowest BCUT2D eigenvalue weighted by atomic mass is 9.79. The summed E-state index contributed by atoms with van der Waals surface area (Å²) in [6.07, 6.45) is 6.81. The molecule has 2 fully saturated rings. The molecule has 1 aromatic carbocycles. The summed E-state index contributed by atoms with van der Waals surface area (Å²) in [6.45, 7) is 7.06. The molecule has 0 N–H and O–H groups in total. The fourth-order valence-electron chi connectivity index (χ4n) is 4.68. The second kappa shape index (κ2) is 6.31. The number of ether oxygens (including phenoxy) is 2. The molecular formula is C21H29NO3. The summed E-state index contributed by atoms with van der Waals surface area (Å²) < 4.78 is 11.8. The van der Waals surface area contributed by atoms with Crippen molar-refractivity contribution in [3.05, 3.63) is 29.3 Å². The average molecular weight is 343 g/mol. The predicted octanol–water partition coefficient (Wildman–Crippen LogP) is 3.36. The quantitative estimate of drug-likeness (QED) is 0.845. The molecule has 3 aliphatic rings. The topological polar surface area (TPSA) is 38.8 Å². The Hall–Kier alpha value is -1.55. The van der Waals surface area contributed by atoms with Crippen LogP contribution in [0.1, 0.15) is 50.7 Å². The van der Waals surface area contributed by atoms with E-state index in [1.165, 1.54) is 24.0 Å². The molecule has 0 radical (unpaired) electrons. The van der Waals surface area contributed by atoms with E-state index in [0.29, 0.717) is 0 Å². The van der Waals surface area contributed by atoms with Gasteiger partial charge in [-0.25, -0.2) is 0 Å². The van der Waals surface area contributed by atoms with Crippen LogP contribution >= 0.6 is 0 Å². The summed E-state index contributed by atoms with van der Waals surface area (Å²) >= 11 is 0. The van der Waals surface area contributed by atoms with E-state index < -0.39 is 5.60 Å². The average Bonchev–Trinajstić information content (AvgIpc) is 3.23. The molecule has 1 aliphatic carbocycles. The van der Waals surface area contributed by atoms with Crippen LogP contribution < -0.4 is 4.74 Å². The predicted molar refractivity (Wildman–Crippen MR) is 96.9 cm³/mol. The van der Waals surface area contributed by atoms with E-state index in [1.54, 1.807) is 0 Å². The molecule has 0 bridgehead atoms. The highest BCUT2D eigenvalue weighted by molar-refractivity contribution is 5.85. The number of carbonyl (C=O) groups is 1. The molecule has 2 aliphatic heterocycles. The van der Waals surface area contributed by atoms with E-state index in [0.717, 1.165) is 57.7 Å². The minimum atomic E-state index is -0.842. The third kappa shape index (κ3) is 3.29. The van der Waals surface area contributed by atoms with Crippen molar-refractivity contribution in [3.63, 3.8) is 0 Å². The number of carbonyl (C=O) groups excluding carboxylic acids is 1. The third-order valence-electron chi connectivity index (χ3n) is 6.09. The van der Waals surface area contributed by atoms with Gasteiger partial charge in [0.25, 0.3) is 5.91 Å². The van der Waals surface area contributed by atoms with Gasteiger partial charge in [0.1, 0.15) is 5.75 Å². The molecule has 25 heavy (non-hydrogen) atoms. The maximum Gasteiger partial charge on any atom is 0.266 e. The largest absolute Gasteiger partial charge is 0.478 e. The number of aryl methyl sites for hydroxylation is 2. The number of amides is 1. The van der Waals surface area contributed by atoms with Gasteiger partial charge in [0.05, 0.1) is 6.61 Å². The summed E-state index contributed by atoms with van der Waals surface area (Å²) in [5.41, 5.74) is 2.14. The molecule has 2 saturated heterocycles. The van der Waals surface area contributed by atoms with Crippen LogP contribution in [0.3, 0.4) is 0 Å². The van der Waals surface area contributed by atoms with Crippen molar-refractivity contribution < 1.29 is 14.3 Å². The van der Waals surface area contributed by atoms with Crippen molar-refractivity contribution in [3.8, 4) is 5.75 Å². The van der Waals surface area contributed by atoms with Crippen LogP contribution in [0.15, 0.2) is 18.2 Å². The van der Waals surface area contributed by atoms with Crippen molar-refractivity contribution in [2.75, 3.05) is 26.3 Å². The van der Waals surface area contributed by atoms with Crippen LogP contribution in [0.2, 0.25) is 0 Å². The van der Waals surface area contributed by atoms with E-state index >= 15 is 0 Å². The van der Waals surface area contributed by atoms with Crippen LogP contribution in [0.5, 0.6) is 5.75 Å². The molecule has 2 heterocycles. The third-order valence-corrected chi connectivity index (χ3v) is 6.09. The first-order valence-electron chi connectivity index (χ1n) is 9.66. The van der Waals surface area contributed by atoms with Gasteiger partial charge in [0.15, 0.2) is 5.60 Å². The number of piperidine rings is 1. The molecule has 4 nitrogen and oxygen atoms in total. The molecular weight excluding hydrogens is 314 g/mol. The Morgan fingerprint density at radius 3 is 2.84 bits per heavy atom. The minimum absolute atomic E-state index is 0.0963. The number of fused-ring (bicyclic) bond motifs is 1. The van der Waals surface area contributed by atoms with Gasteiger partial charge in [-0.3, -0.25) is 4.79 Å². The Labute approximate surface area is 150 Å². The van der Waals surface area contributed by atoms with Gasteiger partial charge >= 0.3 is 0 Å². The Kier molecular flexibility index (Phi) is 4.27. The van der Waals surface area contributed by atoms with E-state index in [-0.39, 0.29) is 11.3 Å². The van der Waals surface area contributed by atoms with Gasteiger partial charge in [-0.05, 0) is 75.6 Å². The van der Waals surface area contributed by atoms with Crippen molar-refractivity contribution >= 4 is 5.91 Å². The summed E-state index contributed by atoms with van der Waals surface area (Å²) in [5.74, 6) is 0.911. The van der Waals surface area contributed by atoms with Crippen molar-refractivity contribution in [1.29, 1.82) is 0 Å². The smallest absolute Gasteiger partial charge is 0.266 e. The molecule has 136 valence electrons. The van der Waals surface area contributed by atoms with Crippen molar-refractivity contribution in [1.82, 2.24) is 4.90 Å². The van der Waals surface area contributed by atoms with Crippen LogP contribution in [-0.4, -0.2) is 42.7 Å². The van der Waals surface area contributed by atoms with E-state index in [2.05, 4.69) is 12.1 Å². The number of nitrogens with zero attached hydrogens (tertiary/aromatic N) is 1. The highest BCUT2D eigenvalue weighted by atomic mass is 16.5. The molecule has 1 spiro atoms. The zero-order valence-corrected chi connectivity index (χ0v) is 15.5. The van der Waals surface area contributed by atoms with Crippen LogP contribution in [0.25, 0.3) is 0 Å². The molecule has 1 aromatic rings. The number of likely N-dealkylation sites (tertiary alicyclic amines) is 1. The van der Waals surface area contributed by atoms with Crippen molar-refractivity contribution in [2.24, 2.45) is 5.41 Å². The molecule has 1 atom stereocenters. The maximum absolute atomic E-state index is 13.2. The van der Waals surface area contributed by atoms with Gasteiger partial charge in [-0.1, -0.05) is 6.07 Å². The Morgan fingerprint density at radius 1 is 1.20 bits per heavy atom. The first-order chi connectivity index (χ1) is 12.0. The monoisotopic (exact) mass is 343 g/mol. The van der Waals surface area contributed by atoms with E-state index in [9.17, 15) is 4.79 Å². The summed E-state index contributed by atoms with van der Waals surface area (Å²) in [5, 5.41) is 0. The molecule has 0 saturated carbocycles. The second-order valence-corrected chi connectivity index (χ2v) is 8.53. The fraction of sp³-hybridized carbons (Fsp3) is 0.667. The van der Waals surface area contributed by atoms with Gasteiger partial charge in [-0.15, -0.1) is 0 Å². The number of rotatable bonds is 3. The standard InChI is InChI=1S/C21H29NO3/c1-20(2,25-18-8-7-16-5-3-6-17(16)13-18)19(23)22-11-4-9-21(14-22)10-12-24-15-21/h7-8,13H,3-6,9-12,14-15H2,1-2H3/t21-/m1/s1. The lowest BCUT2D eigenvalue weighted by molar-refractivity contribution is -0.149. The highest BCUT2D eigenvalue weighted by Crippen LogP contribution is 2.38. The van der Waals surface area contributed by atoms with Crippen LogP contribution in [0.4, 0.5) is 0 Å². The summed E-state index contributed by atoms with van der Waals surface area (Å²) in [6, 6.07) is 6.30. The first kappa shape index (κ1) is 16.9. The number of hydrogen-bond acceptors (Lipinski definition) is 3. The zero-order chi connectivity index (χ0) is 17.5. The van der Waals surface area contributed by atoms with Gasteiger partial charge in [-0.2, -0.15) is 0 Å². The lowest BCUT2D eigenvalue weighted by Gasteiger charge is -2.42. The Bertz CT molecular complexity index is 661. The fourth-order valence-corrected chi connectivity index (χ4v) is 4.68. The van der Waals surface area contributed by atoms with Gasteiger partial charge in [0.2, 0.25) is 0 Å². The van der Waals surface area contributed by atoms with E-state index in [4.69, 9.17) is 9.47 Å². The number of hydrogen-bond donors (Lipinski definition) is 0. The maximum atomic E-state index is 13.2. The van der Waals surface area contributed by atoms with E-state index in [1.807, 2.05) is 24.8 Å². The SMILES string of the molecule is CC(C)(Oc1ccc2c(c1)CCC2)C(=O)N1CCC[C@@]2(CCOC2)C1. The minimum Gasteiger partial charge on any atom is -0.478 e.